The van der Waals surface area contributed by atoms with Gasteiger partial charge in [-0.2, -0.15) is 0 Å². The van der Waals surface area contributed by atoms with Crippen LogP contribution < -0.4 is 11.1 Å². The lowest BCUT2D eigenvalue weighted by atomic mass is 10.1. The van der Waals surface area contributed by atoms with E-state index in [1.54, 1.807) is 11.9 Å². The van der Waals surface area contributed by atoms with Gasteiger partial charge in [0.1, 0.15) is 11.5 Å². The van der Waals surface area contributed by atoms with Crippen LogP contribution in [0.4, 0.5) is 0 Å². The summed E-state index contributed by atoms with van der Waals surface area (Å²) >= 11 is 0. The number of amides is 2. The topological polar surface area (TPSA) is 101 Å². The first-order chi connectivity index (χ1) is 12.6. The van der Waals surface area contributed by atoms with Crippen molar-refractivity contribution in [2.45, 2.75) is 25.7 Å². The van der Waals surface area contributed by atoms with Gasteiger partial charge in [0.25, 0.3) is 0 Å². The van der Waals surface area contributed by atoms with E-state index in [1.165, 1.54) is 0 Å². The van der Waals surface area contributed by atoms with Gasteiger partial charge in [-0.3, -0.25) is 9.59 Å². The van der Waals surface area contributed by atoms with Gasteiger partial charge >= 0.3 is 0 Å². The minimum Gasteiger partial charge on any atom is -0.361 e. The number of nitrogens with two attached hydrogens (primary N) is 1. The number of carbonyl (C=O) groups excluding carboxylic acids is 2. The highest BCUT2D eigenvalue weighted by Crippen LogP contribution is 2.19. The summed E-state index contributed by atoms with van der Waals surface area (Å²) in [5, 5.41) is 6.58. The number of carbonyl (C=O) groups is 2. The molecule has 2 amide bonds. The average molecular weight is 395 g/mol. The lowest BCUT2D eigenvalue weighted by Gasteiger charge is -2.17. The number of benzene rings is 1. The molecule has 0 saturated carbocycles. The Kier molecular flexibility index (Phi) is 10.1. The standard InChI is InChI=1S/C19H26N4O3.ClH/c1-23(19(25)14-21-18(24)13-20)11-7-3-6-10-16-12-17(22-26-16)15-8-4-2-5-9-15;/h2,4-5,8-9,12H,3,6-7,10-11,13-14,20H2,1H3,(H,21,24);1H. The Bertz CT molecular complexity index is 706. The maximum absolute atomic E-state index is 11.8. The Morgan fingerprint density at radius 1 is 1.19 bits per heavy atom. The summed E-state index contributed by atoms with van der Waals surface area (Å²) in [4.78, 5) is 24.5. The Hall–Kier alpha value is -2.38. The van der Waals surface area contributed by atoms with Crippen LogP contribution in [0, 0.1) is 0 Å². The van der Waals surface area contributed by atoms with E-state index in [0.717, 1.165) is 42.7 Å². The van der Waals surface area contributed by atoms with Crippen molar-refractivity contribution in [3.63, 3.8) is 0 Å². The minimum absolute atomic E-state index is 0. The second-order valence-electron chi connectivity index (χ2n) is 6.15. The number of halogens is 1. The summed E-state index contributed by atoms with van der Waals surface area (Å²) in [5.74, 6) is 0.431. The van der Waals surface area contributed by atoms with E-state index in [9.17, 15) is 9.59 Å². The van der Waals surface area contributed by atoms with Crippen molar-refractivity contribution < 1.29 is 14.1 Å². The molecule has 1 heterocycles. The van der Waals surface area contributed by atoms with Crippen molar-refractivity contribution in [3.05, 3.63) is 42.2 Å². The normalized spacial score (nSPS) is 10.1. The Morgan fingerprint density at radius 3 is 2.63 bits per heavy atom. The number of rotatable bonds is 10. The monoisotopic (exact) mass is 394 g/mol. The maximum atomic E-state index is 11.8. The third kappa shape index (κ3) is 7.80. The summed E-state index contributed by atoms with van der Waals surface area (Å²) in [5.41, 5.74) is 7.08. The van der Waals surface area contributed by atoms with Gasteiger partial charge in [-0.25, -0.2) is 0 Å². The highest BCUT2D eigenvalue weighted by atomic mass is 35.5. The predicted molar refractivity (Wildman–Crippen MR) is 106 cm³/mol. The van der Waals surface area contributed by atoms with Crippen LogP contribution >= 0.6 is 12.4 Å². The van der Waals surface area contributed by atoms with Gasteiger partial charge in [0.15, 0.2) is 0 Å². The Morgan fingerprint density at radius 2 is 1.93 bits per heavy atom. The van der Waals surface area contributed by atoms with E-state index in [4.69, 9.17) is 10.3 Å². The van der Waals surface area contributed by atoms with Crippen molar-refractivity contribution in [3.8, 4) is 11.3 Å². The number of hydrogen-bond acceptors (Lipinski definition) is 5. The first-order valence-electron chi connectivity index (χ1n) is 8.82. The van der Waals surface area contributed by atoms with Crippen molar-refractivity contribution in [2.24, 2.45) is 5.73 Å². The third-order valence-corrected chi connectivity index (χ3v) is 4.09. The van der Waals surface area contributed by atoms with Gasteiger partial charge in [0.2, 0.25) is 11.8 Å². The van der Waals surface area contributed by atoms with E-state index in [-0.39, 0.29) is 37.3 Å². The van der Waals surface area contributed by atoms with Crippen LogP contribution in [0.2, 0.25) is 0 Å². The maximum Gasteiger partial charge on any atom is 0.241 e. The largest absolute Gasteiger partial charge is 0.361 e. The molecule has 148 valence electrons. The summed E-state index contributed by atoms with van der Waals surface area (Å²) in [6.45, 7) is 0.542. The second kappa shape index (κ2) is 12.1. The van der Waals surface area contributed by atoms with Gasteiger partial charge in [0, 0.05) is 31.6 Å². The first kappa shape index (κ1) is 22.7. The molecule has 0 bridgehead atoms. The number of nitrogens with zero attached hydrogens (tertiary/aromatic N) is 2. The molecular formula is C19H27ClN4O3. The van der Waals surface area contributed by atoms with E-state index in [0.29, 0.717) is 6.54 Å². The van der Waals surface area contributed by atoms with Gasteiger partial charge in [0.05, 0.1) is 13.1 Å². The van der Waals surface area contributed by atoms with Crippen LogP contribution in [-0.2, 0) is 16.0 Å². The fraction of sp³-hybridized carbons (Fsp3) is 0.421. The van der Waals surface area contributed by atoms with Crippen LogP contribution in [0.1, 0.15) is 25.0 Å². The zero-order valence-electron chi connectivity index (χ0n) is 15.5. The van der Waals surface area contributed by atoms with Crippen molar-refractivity contribution in [2.75, 3.05) is 26.7 Å². The quantitative estimate of drug-likeness (QED) is 0.600. The summed E-state index contributed by atoms with van der Waals surface area (Å²) < 4.78 is 5.38. The molecule has 8 heteroatoms. The molecule has 0 saturated heterocycles. The molecule has 3 N–H and O–H groups in total. The molecule has 7 nitrogen and oxygen atoms in total. The number of aromatic nitrogens is 1. The summed E-state index contributed by atoms with van der Waals surface area (Å²) in [6, 6.07) is 11.9. The van der Waals surface area contributed by atoms with E-state index < -0.39 is 0 Å². The molecule has 2 rings (SSSR count). The molecule has 1 aromatic carbocycles. The number of aryl methyl sites for hydroxylation is 1. The smallest absolute Gasteiger partial charge is 0.241 e. The fourth-order valence-corrected chi connectivity index (χ4v) is 2.51. The number of likely N-dealkylation sites (N-methyl/N-ethyl adjacent to an activating group) is 1. The summed E-state index contributed by atoms with van der Waals surface area (Å²) in [7, 11) is 1.74. The van der Waals surface area contributed by atoms with Crippen molar-refractivity contribution >= 4 is 24.2 Å². The number of hydrogen-bond donors (Lipinski definition) is 2. The number of unbranched alkanes of at least 4 members (excludes halogenated alkanes) is 2. The molecule has 2 aromatic rings. The van der Waals surface area contributed by atoms with E-state index >= 15 is 0 Å². The van der Waals surface area contributed by atoms with Crippen molar-refractivity contribution in [1.29, 1.82) is 0 Å². The molecule has 0 aliphatic carbocycles. The first-order valence-corrected chi connectivity index (χ1v) is 8.82. The van der Waals surface area contributed by atoms with Gasteiger partial charge in [-0.05, 0) is 12.8 Å². The molecule has 0 aliphatic rings. The van der Waals surface area contributed by atoms with Crippen LogP contribution in [0.5, 0.6) is 0 Å². The molecule has 27 heavy (non-hydrogen) atoms. The zero-order valence-corrected chi connectivity index (χ0v) is 16.3. The summed E-state index contributed by atoms with van der Waals surface area (Å²) in [6.07, 6.45) is 3.67. The molecule has 0 unspecified atom stereocenters. The molecule has 0 radical (unpaired) electrons. The van der Waals surface area contributed by atoms with Gasteiger partial charge in [-0.15, -0.1) is 12.4 Å². The van der Waals surface area contributed by atoms with Crippen molar-refractivity contribution in [1.82, 2.24) is 15.4 Å². The fourth-order valence-electron chi connectivity index (χ4n) is 2.51. The van der Waals surface area contributed by atoms with Gasteiger partial charge in [-0.1, -0.05) is 41.9 Å². The lowest BCUT2D eigenvalue weighted by molar-refractivity contribution is -0.131. The van der Waals surface area contributed by atoms with Crippen LogP contribution in [0.15, 0.2) is 40.9 Å². The Balaban J connectivity index is 0.00000364. The lowest BCUT2D eigenvalue weighted by Crippen LogP contribution is -2.40. The molecule has 1 aromatic heterocycles. The second-order valence-corrected chi connectivity index (χ2v) is 6.15. The molecule has 0 atom stereocenters. The highest BCUT2D eigenvalue weighted by molar-refractivity contribution is 5.85. The SMILES string of the molecule is CN(CCCCCc1cc(-c2ccccc2)no1)C(=O)CNC(=O)CN.Cl. The highest BCUT2D eigenvalue weighted by Gasteiger charge is 2.10. The molecular weight excluding hydrogens is 368 g/mol. The predicted octanol–water partition coefficient (Wildman–Crippen LogP) is 2.01. The van der Waals surface area contributed by atoms with E-state index in [2.05, 4.69) is 10.5 Å². The number of nitrogens with one attached hydrogen (secondary N) is 1. The average Bonchev–Trinajstić information content (AvgIpc) is 3.15. The minimum atomic E-state index is -0.325. The zero-order chi connectivity index (χ0) is 18.8. The molecule has 0 spiro atoms. The van der Waals surface area contributed by atoms with Crippen LogP contribution in [0.3, 0.4) is 0 Å². The third-order valence-electron chi connectivity index (χ3n) is 4.09. The van der Waals surface area contributed by atoms with Crippen LogP contribution in [0.25, 0.3) is 11.3 Å². The van der Waals surface area contributed by atoms with Gasteiger partial charge < -0.3 is 20.5 Å². The van der Waals surface area contributed by atoms with Crippen LogP contribution in [-0.4, -0.2) is 48.6 Å². The molecule has 0 aliphatic heterocycles. The molecule has 0 fully saturated rings. The Labute approximate surface area is 165 Å². The van der Waals surface area contributed by atoms with E-state index in [1.807, 2.05) is 36.4 Å².